The largest absolute Gasteiger partial charge is 0.385 e. The molecule has 0 aliphatic carbocycles. The molecule has 0 aliphatic rings. The van der Waals surface area contributed by atoms with Crippen LogP contribution in [0.1, 0.15) is 12.8 Å². The normalized spacial score (nSPS) is 9.25. The standard InChI is InChI=1S/C5H9ClO2/c1-8-4-2-3-5(6)7/h2-4H2,1H3. The molecule has 0 spiro atoms. The maximum absolute atomic E-state index is 10.0. The van der Waals surface area contributed by atoms with Crippen molar-refractivity contribution in [1.29, 1.82) is 0 Å². The minimum Gasteiger partial charge on any atom is -0.385 e. The summed E-state index contributed by atoms with van der Waals surface area (Å²) in [7, 11) is 1.60. The lowest BCUT2D eigenvalue weighted by molar-refractivity contribution is -0.111. The van der Waals surface area contributed by atoms with Crippen LogP contribution in [0, 0.1) is 0 Å². The number of hydrogen-bond donors (Lipinski definition) is 0. The van der Waals surface area contributed by atoms with Crippen LogP contribution >= 0.6 is 11.6 Å². The zero-order valence-electron chi connectivity index (χ0n) is 4.82. The van der Waals surface area contributed by atoms with Gasteiger partial charge >= 0.3 is 0 Å². The Labute approximate surface area is 53.8 Å². The number of halogens is 1. The third-order valence-electron chi connectivity index (χ3n) is 0.722. The van der Waals surface area contributed by atoms with E-state index in [2.05, 4.69) is 4.74 Å². The van der Waals surface area contributed by atoms with Crippen LogP contribution in [0.4, 0.5) is 0 Å². The van der Waals surface area contributed by atoms with Gasteiger partial charge in [-0.25, -0.2) is 0 Å². The van der Waals surface area contributed by atoms with Crippen molar-refractivity contribution < 1.29 is 9.53 Å². The van der Waals surface area contributed by atoms with Crippen molar-refractivity contribution in [2.45, 2.75) is 12.8 Å². The minimum atomic E-state index is -0.290. The van der Waals surface area contributed by atoms with Gasteiger partial charge in [0.2, 0.25) is 5.24 Å². The van der Waals surface area contributed by atoms with Crippen molar-refractivity contribution in [3.05, 3.63) is 0 Å². The summed E-state index contributed by atoms with van der Waals surface area (Å²) < 4.78 is 4.68. The van der Waals surface area contributed by atoms with Crippen LogP contribution in [-0.4, -0.2) is 19.0 Å². The minimum absolute atomic E-state index is 0.290. The molecular weight excluding hydrogens is 128 g/mol. The molecule has 0 aliphatic heterocycles. The molecule has 0 fully saturated rings. The van der Waals surface area contributed by atoms with Gasteiger partial charge in [0, 0.05) is 20.1 Å². The quantitative estimate of drug-likeness (QED) is 0.429. The molecule has 0 radical (unpaired) electrons. The van der Waals surface area contributed by atoms with E-state index in [4.69, 9.17) is 11.6 Å². The molecular formula is C5H9ClO2. The van der Waals surface area contributed by atoms with Crippen molar-refractivity contribution in [3.63, 3.8) is 0 Å². The van der Waals surface area contributed by atoms with E-state index in [9.17, 15) is 4.79 Å². The fraction of sp³-hybridized carbons (Fsp3) is 0.800. The molecule has 0 atom stereocenters. The Morgan fingerprint density at radius 2 is 2.38 bits per heavy atom. The predicted molar refractivity (Wildman–Crippen MR) is 32.0 cm³/mol. The van der Waals surface area contributed by atoms with Gasteiger partial charge in [0.1, 0.15) is 0 Å². The smallest absolute Gasteiger partial charge is 0.221 e. The molecule has 0 aromatic rings. The highest BCUT2D eigenvalue weighted by Crippen LogP contribution is 1.93. The molecule has 0 amide bonds. The summed E-state index contributed by atoms with van der Waals surface area (Å²) in [5.41, 5.74) is 0. The SMILES string of the molecule is COCCCC(=O)Cl. The average molecular weight is 137 g/mol. The lowest BCUT2D eigenvalue weighted by atomic mass is 10.3. The van der Waals surface area contributed by atoms with Gasteiger partial charge in [-0.15, -0.1) is 0 Å². The monoisotopic (exact) mass is 136 g/mol. The van der Waals surface area contributed by atoms with Crippen LogP contribution in [0.3, 0.4) is 0 Å². The average Bonchev–Trinajstić information content (AvgIpc) is 1.66. The van der Waals surface area contributed by atoms with Gasteiger partial charge in [-0.1, -0.05) is 0 Å². The Morgan fingerprint density at radius 3 is 2.75 bits per heavy atom. The van der Waals surface area contributed by atoms with E-state index >= 15 is 0 Å². The van der Waals surface area contributed by atoms with Crippen LogP contribution in [-0.2, 0) is 9.53 Å². The molecule has 0 bridgehead atoms. The number of hydrogen-bond acceptors (Lipinski definition) is 2. The summed E-state index contributed by atoms with van der Waals surface area (Å²) in [6.07, 6.45) is 1.13. The van der Waals surface area contributed by atoms with E-state index in [1.807, 2.05) is 0 Å². The first kappa shape index (κ1) is 7.92. The second-order valence-corrected chi connectivity index (χ2v) is 1.87. The fourth-order valence-electron chi connectivity index (χ4n) is 0.355. The number of methoxy groups -OCH3 is 1. The molecule has 0 unspecified atom stereocenters. The first-order valence-corrected chi connectivity index (χ1v) is 2.82. The van der Waals surface area contributed by atoms with Crippen molar-refractivity contribution >= 4 is 16.8 Å². The zero-order chi connectivity index (χ0) is 6.41. The van der Waals surface area contributed by atoms with Gasteiger partial charge in [-0.3, -0.25) is 4.79 Å². The number of carbonyl (C=O) groups is 1. The number of ether oxygens (including phenoxy) is 1. The lowest BCUT2D eigenvalue weighted by Crippen LogP contribution is -1.91. The fourth-order valence-corrected chi connectivity index (χ4v) is 0.489. The second kappa shape index (κ2) is 5.06. The first-order chi connectivity index (χ1) is 3.77. The number of carbonyl (C=O) groups excluding carboxylic acids is 1. The van der Waals surface area contributed by atoms with Crippen LogP contribution in [0.25, 0.3) is 0 Å². The topological polar surface area (TPSA) is 26.3 Å². The highest BCUT2D eigenvalue weighted by molar-refractivity contribution is 6.63. The molecule has 0 aromatic heterocycles. The van der Waals surface area contributed by atoms with E-state index in [1.54, 1.807) is 7.11 Å². The molecule has 48 valence electrons. The Bertz CT molecular complexity index is 72.8. The Morgan fingerprint density at radius 1 is 1.75 bits per heavy atom. The van der Waals surface area contributed by atoms with E-state index in [0.29, 0.717) is 13.0 Å². The Kier molecular flexibility index (Phi) is 5.01. The van der Waals surface area contributed by atoms with Crippen LogP contribution in [0.5, 0.6) is 0 Å². The maximum atomic E-state index is 10.0. The summed E-state index contributed by atoms with van der Waals surface area (Å²) in [6, 6.07) is 0. The highest BCUT2D eigenvalue weighted by Gasteiger charge is 1.92. The van der Waals surface area contributed by atoms with Gasteiger partial charge in [0.15, 0.2) is 0 Å². The summed E-state index contributed by atoms with van der Waals surface area (Å²) >= 11 is 5.02. The van der Waals surface area contributed by atoms with Gasteiger partial charge in [0.25, 0.3) is 0 Å². The van der Waals surface area contributed by atoms with Gasteiger partial charge in [0.05, 0.1) is 0 Å². The van der Waals surface area contributed by atoms with Gasteiger partial charge in [-0.05, 0) is 18.0 Å². The summed E-state index contributed by atoms with van der Waals surface area (Å²) in [5.74, 6) is 0. The van der Waals surface area contributed by atoms with E-state index in [0.717, 1.165) is 6.42 Å². The van der Waals surface area contributed by atoms with Crippen molar-refractivity contribution in [2.24, 2.45) is 0 Å². The van der Waals surface area contributed by atoms with Crippen LogP contribution in [0.2, 0.25) is 0 Å². The molecule has 0 N–H and O–H groups in total. The molecule has 3 heteroatoms. The zero-order valence-corrected chi connectivity index (χ0v) is 5.57. The molecule has 0 heterocycles. The highest BCUT2D eigenvalue weighted by atomic mass is 35.5. The van der Waals surface area contributed by atoms with Crippen molar-refractivity contribution in [2.75, 3.05) is 13.7 Å². The van der Waals surface area contributed by atoms with Crippen LogP contribution < -0.4 is 0 Å². The molecule has 8 heavy (non-hydrogen) atoms. The van der Waals surface area contributed by atoms with E-state index < -0.39 is 0 Å². The number of rotatable bonds is 4. The molecule has 0 rings (SSSR count). The Balaban J connectivity index is 2.82. The lowest BCUT2D eigenvalue weighted by Gasteiger charge is -1.91. The summed E-state index contributed by atoms with van der Waals surface area (Å²) in [5, 5.41) is -0.290. The summed E-state index contributed by atoms with van der Waals surface area (Å²) in [4.78, 5) is 10.0. The Hall–Kier alpha value is -0.0800. The second-order valence-electron chi connectivity index (χ2n) is 1.45. The third kappa shape index (κ3) is 5.92. The van der Waals surface area contributed by atoms with E-state index in [-0.39, 0.29) is 5.24 Å². The third-order valence-corrected chi connectivity index (χ3v) is 0.911. The van der Waals surface area contributed by atoms with Crippen molar-refractivity contribution in [1.82, 2.24) is 0 Å². The van der Waals surface area contributed by atoms with Crippen molar-refractivity contribution in [3.8, 4) is 0 Å². The molecule has 0 saturated carbocycles. The van der Waals surface area contributed by atoms with E-state index in [1.165, 1.54) is 0 Å². The molecule has 2 nitrogen and oxygen atoms in total. The molecule has 0 saturated heterocycles. The first-order valence-electron chi connectivity index (χ1n) is 2.44. The van der Waals surface area contributed by atoms with Gasteiger partial charge in [-0.2, -0.15) is 0 Å². The molecule has 0 aromatic carbocycles. The summed E-state index contributed by atoms with van der Waals surface area (Å²) in [6.45, 7) is 0.610. The van der Waals surface area contributed by atoms with Gasteiger partial charge < -0.3 is 4.74 Å². The predicted octanol–water partition coefficient (Wildman–Crippen LogP) is 1.18. The maximum Gasteiger partial charge on any atom is 0.221 e. The van der Waals surface area contributed by atoms with Crippen LogP contribution in [0.15, 0.2) is 0 Å².